The van der Waals surface area contributed by atoms with Crippen LogP contribution < -0.4 is 11.0 Å². The minimum absolute atomic E-state index is 0.0848. The second kappa shape index (κ2) is 7.98. The molecule has 2 N–H and O–H groups in total. The van der Waals surface area contributed by atoms with Crippen LogP contribution in [0.1, 0.15) is 25.1 Å². The summed E-state index contributed by atoms with van der Waals surface area (Å²) in [6.45, 7) is 2.60. The highest BCUT2D eigenvalue weighted by molar-refractivity contribution is 7.62. The smallest absolute Gasteiger partial charge is 0.383 e. The Bertz CT molecular complexity index is 871. The Labute approximate surface area is 161 Å². The van der Waals surface area contributed by atoms with E-state index in [1.54, 1.807) is 0 Å². The van der Waals surface area contributed by atoms with Gasteiger partial charge >= 0.3 is 19.2 Å². The highest BCUT2D eigenvalue weighted by atomic mass is 35.5. The lowest BCUT2D eigenvalue weighted by molar-refractivity contribution is -0.137. The van der Waals surface area contributed by atoms with Crippen molar-refractivity contribution >= 4 is 30.3 Å². The summed E-state index contributed by atoms with van der Waals surface area (Å²) in [5.41, 5.74) is 3.64. The minimum atomic E-state index is -4.59. The van der Waals surface area contributed by atoms with E-state index in [0.717, 1.165) is 24.3 Å². The second-order valence-electron chi connectivity index (χ2n) is 5.37. The molecular weight excluding hydrogens is 432 g/mol. The van der Waals surface area contributed by atoms with Crippen molar-refractivity contribution in [3.05, 3.63) is 35.5 Å². The summed E-state index contributed by atoms with van der Waals surface area (Å²) in [6.07, 6.45) is -4.59. The molecule has 0 saturated carbocycles. The minimum Gasteiger partial charge on any atom is -0.383 e. The van der Waals surface area contributed by atoms with Crippen molar-refractivity contribution in [2.75, 3.05) is 18.9 Å². The molecule has 0 unspecified atom stereocenters. The van der Waals surface area contributed by atoms with Crippen molar-refractivity contribution in [3.8, 4) is 5.69 Å². The number of hydrogen-bond acceptors (Lipinski definition) is 5. The Hall–Kier alpha value is -1.68. The largest absolute Gasteiger partial charge is 0.416 e. The van der Waals surface area contributed by atoms with Crippen molar-refractivity contribution in [1.29, 1.82) is 0 Å². The van der Waals surface area contributed by atoms with Gasteiger partial charge in [0.2, 0.25) is 0 Å². The molecule has 0 bridgehead atoms. The number of hydrogen-bond donors (Lipinski definition) is 1. The Morgan fingerprint density at radius 2 is 1.61 bits per heavy atom. The predicted molar refractivity (Wildman–Crippen MR) is 93.2 cm³/mol. The average Bonchev–Trinajstić information content (AvgIpc) is 2.93. The van der Waals surface area contributed by atoms with Crippen LogP contribution in [0.5, 0.6) is 0 Å². The number of nitrogens with zero attached hydrogens (tertiary/aromatic N) is 2. The molecule has 2 aromatic rings. The topological polar surface area (TPSA) is 79.4 Å². The van der Waals surface area contributed by atoms with E-state index in [4.69, 9.17) is 26.4 Å². The molecule has 0 aliphatic rings. The van der Waals surface area contributed by atoms with Gasteiger partial charge < -0.3 is 14.8 Å². The van der Waals surface area contributed by atoms with Crippen molar-refractivity contribution < 1.29 is 35.6 Å². The van der Waals surface area contributed by atoms with Crippen molar-refractivity contribution in [2.45, 2.75) is 25.4 Å². The second-order valence-corrected chi connectivity index (χ2v) is 7.80. The average molecular weight is 448 g/mol. The van der Waals surface area contributed by atoms with Gasteiger partial charge in [-0.1, -0.05) is 0 Å². The Morgan fingerprint density at radius 1 is 1.11 bits per heavy atom. The maximum absolute atomic E-state index is 13.9. The summed E-state index contributed by atoms with van der Waals surface area (Å²) in [5.74, 6) is -0.555. The molecule has 1 aromatic carbocycles. The molecule has 1 aromatic heterocycles. The molecule has 6 nitrogen and oxygen atoms in total. The maximum Gasteiger partial charge on any atom is 0.416 e. The predicted octanol–water partition coefficient (Wildman–Crippen LogP) is 4.65. The zero-order chi connectivity index (χ0) is 21.3. The fraction of sp³-hybridized carbons (Fsp3) is 0.400. The number of nitrogen functional groups attached to an aromatic ring is 1. The van der Waals surface area contributed by atoms with Gasteiger partial charge in [-0.3, -0.25) is 4.57 Å². The van der Waals surface area contributed by atoms with E-state index in [2.05, 4.69) is 5.10 Å². The van der Waals surface area contributed by atoms with E-state index < -0.39 is 41.5 Å². The molecule has 0 aliphatic carbocycles. The standard InChI is InChI=1S/C15H16ClF5N3O3P/c1-3-26-28(25,27-4-2)11-12(14(16,17)18)23-24(13(11)22)10-7-5-9(6-8-10)15(19,20)21/h5-8H,3-4,22H2,1-2H3. The zero-order valence-corrected chi connectivity index (χ0v) is 16.3. The van der Waals surface area contributed by atoms with Crippen LogP contribution in [0.4, 0.5) is 27.8 Å². The van der Waals surface area contributed by atoms with E-state index >= 15 is 0 Å². The lowest BCUT2D eigenvalue weighted by atomic mass is 10.2. The number of rotatable bonds is 7. The molecule has 0 saturated heterocycles. The SMILES string of the molecule is CCOP(=O)(OCC)c1c(C(F)(F)Cl)nn(-c2ccc(C(F)(F)F)cc2)c1N. The van der Waals surface area contributed by atoms with Gasteiger partial charge in [0.25, 0.3) is 0 Å². The molecule has 1 heterocycles. The van der Waals surface area contributed by atoms with Crippen LogP contribution in [0.3, 0.4) is 0 Å². The van der Waals surface area contributed by atoms with Gasteiger partial charge in [-0.2, -0.15) is 27.1 Å². The fourth-order valence-corrected chi connectivity index (χ4v) is 4.41. The van der Waals surface area contributed by atoms with E-state index in [1.165, 1.54) is 13.8 Å². The first-order chi connectivity index (χ1) is 12.8. The molecule has 13 heteroatoms. The van der Waals surface area contributed by atoms with Gasteiger partial charge in [-0.05, 0) is 49.7 Å². The van der Waals surface area contributed by atoms with Gasteiger partial charge in [-0.25, -0.2) is 4.68 Å². The Balaban J connectivity index is 2.69. The molecule has 2 rings (SSSR count). The number of benzene rings is 1. The summed E-state index contributed by atoms with van der Waals surface area (Å²) in [7, 11) is -4.33. The highest BCUT2D eigenvalue weighted by Crippen LogP contribution is 2.52. The molecule has 28 heavy (non-hydrogen) atoms. The highest BCUT2D eigenvalue weighted by Gasteiger charge is 2.45. The van der Waals surface area contributed by atoms with E-state index in [1.807, 2.05) is 0 Å². The maximum atomic E-state index is 13.9. The third-order valence-corrected chi connectivity index (χ3v) is 5.84. The van der Waals surface area contributed by atoms with Crippen molar-refractivity contribution in [3.63, 3.8) is 0 Å². The van der Waals surface area contributed by atoms with Crippen LogP contribution in [-0.4, -0.2) is 23.0 Å². The number of nitrogens with two attached hydrogens (primary N) is 1. The van der Waals surface area contributed by atoms with Gasteiger partial charge in [0.15, 0.2) is 5.69 Å². The summed E-state index contributed by atoms with van der Waals surface area (Å²) >= 11 is 5.08. The lowest BCUT2D eigenvalue weighted by Gasteiger charge is -2.18. The first kappa shape index (κ1) is 22.6. The number of anilines is 1. The third-order valence-electron chi connectivity index (χ3n) is 3.47. The van der Waals surface area contributed by atoms with Crippen LogP contribution in [0.2, 0.25) is 0 Å². The van der Waals surface area contributed by atoms with Crippen LogP contribution >= 0.6 is 19.2 Å². The summed E-state index contributed by atoms with van der Waals surface area (Å²) in [6, 6.07) is 3.38. The molecule has 0 aliphatic heterocycles. The molecule has 0 spiro atoms. The molecule has 0 radical (unpaired) electrons. The van der Waals surface area contributed by atoms with E-state index in [9.17, 15) is 26.5 Å². The third kappa shape index (κ3) is 4.48. The van der Waals surface area contributed by atoms with Gasteiger partial charge in [0.05, 0.1) is 24.5 Å². The first-order valence-corrected chi connectivity index (χ1v) is 9.80. The summed E-state index contributed by atoms with van der Waals surface area (Å²) in [4.78, 5) is 0. The first-order valence-electron chi connectivity index (χ1n) is 7.88. The van der Waals surface area contributed by atoms with Gasteiger partial charge in [-0.15, -0.1) is 0 Å². The van der Waals surface area contributed by atoms with E-state index in [-0.39, 0.29) is 18.9 Å². The van der Waals surface area contributed by atoms with Crippen molar-refractivity contribution in [1.82, 2.24) is 9.78 Å². The van der Waals surface area contributed by atoms with Crippen LogP contribution in [-0.2, 0) is 25.2 Å². The van der Waals surface area contributed by atoms with Gasteiger partial charge in [0, 0.05) is 0 Å². The quantitative estimate of drug-likeness (QED) is 0.379. The molecular formula is C15H16ClF5N3O3P. The molecule has 0 fully saturated rings. The van der Waals surface area contributed by atoms with Crippen LogP contribution in [0.25, 0.3) is 5.69 Å². The van der Waals surface area contributed by atoms with E-state index in [0.29, 0.717) is 4.68 Å². The Kier molecular flexibility index (Phi) is 6.44. The van der Waals surface area contributed by atoms with Crippen molar-refractivity contribution in [2.24, 2.45) is 0 Å². The summed E-state index contributed by atoms with van der Waals surface area (Å²) in [5, 5.41) is -1.26. The number of halogens is 6. The monoisotopic (exact) mass is 447 g/mol. The zero-order valence-electron chi connectivity index (χ0n) is 14.6. The van der Waals surface area contributed by atoms with Crippen LogP contribution in [0.15, 0.2) is 24.3 Å². The molecule has 0 atom stereocenters. The Morgan fingerprint density at radius 3 is 2.00 bits per heavy atom. The fourth-order valence-electron chi connectivity index (χ4n) is 2.38. The number of alkyl halides is 6. The molecule has 0 amide bonds. The molecule has 156 valence electrons. The lowest BCUT2D eigenvalue weighted by Crippen LogP contribution is -2.22. The van der Waals surface area contributed by atoms with Gasteiger partial charge in [0.1, 0.15) is 11.1 Å². The van der Waals surface area contributed by atoms with Crippen LogP contribution in [0, 0.1) is 0 Å². The normalized spacial score (nSPS) is 13.1. The summed E-state index contributed by atoms with van der Waals surface area (Å²) < 4.78 is 89.8. The number of aromatic nitrogens is 2.